The quantitative estimate of drug-likeness (QED) is 0.508. The maximum Gasteiger partial charge on any atom is 0.172 e. The van der Waals surface area contributed by atoms with Crippen molar-refractivity contribution in [2.45, 2.75) is 10.9 Å². The fourth-order valence-electron chi connectivity index (χ4n) is 2.25. The molecule has 0 fully saturated rings. The minimum absolute atomic E-state index is 0.831. The van der Waals surface area contributed by atoms with Gasteiger partial charge in [0.05, 0.1) is 17.4 Å². The van der Waals surface area contributed by atoms with Gasteiger partial charge in [-0.2, -0.15) is 0 Å². The third kappa shape index (κ3) is 2.65. The Morgan fingerprint density at radius 2 is 1.91 bits per heavy atom. The molecular formula is C17H13N3S2. The van der Waals surface area contributed by atoms with Gasteiger partial charge in [0.2, 0.25) is 0 Å². The molecule has 0 aliphatic carbocycles. The molecule has 0 N–H and O–H groups in total. The van der Waals surface area contributed by atoms with E-state index in [1.54, 1.807) is 23.1 Å². The van der Waals surface area contributed by atoms with Crippen LogP contribution in [0.1, 0.15) is 5.69 Å². The van der Waals surface area contributed by atoms with Crippen LogP contribution in [0, 0.1) is 0 Å². The number of pyridine rings is 1. The summed E-state index contributed by atoms with van der Waals surface area (Å²) in [6, 6.07) is 16.4. The van der Waals surface area contributed by atoms with Crippen molar-refractivity contribution < 1.29 is 0 Å². The maximum absolute atomic E-state index is 4.72. The summed E-state index contributed by atoms with van der Waals surface area (Å²) in [6.07, 6.45) is 3.94. The summed E-state index contributed by atoms with van der Waals surface area (Å²) < 4.78 is 2.11. The van der Waals surface area contributed by atoms with Gasteiger partial charge in [-0.1, -0.05) is 48.2 Å². The van der Waals surface area contributed by atoms with Gasteiger partial charge in [0, 0.05) is 22.9 Å². The summed E-state index contributed by atoms with van der Waals surface area (Å²) in [5.41, 5.74) is 3.39. The normalized spacial score (nSPS) is 11.1. The minimum Gasteiger partial charge on any atom is -0.295 e. The molecule has 22 heavy (non-hydrogen) atoms. The van der Waals surface area contributed by atoms with E-state index in [0.717, 1.165) is 27.1 Å². The lowest BCUT2D eigenvalue weighted by Crippen LogP contribution is -1.88. The van der Waals surface area contributed by atoms with Gasteiger partial charge < -0.3 is 0 Å². The minimum atomic E-state index is 0.831. The van der Waals surface area contributed by atoms with Crippen LogP contribution in [-0.2, 0) is 5.75 Å². The fraction of sp³-hybridized carbons (Fsp3) is 0.0588. The highest BCUT2D eigenvalue weighted by molar-refractivity contribution is 7.98. The predicted octanol–water partition coefficient (Wildman–Crippen LogP) is 4.75. The van der Waals surface area contributed by atoms with E-state index in [9.17, 15) is 0 Å². The number of fused-ring (bicyclic) bond motifs is 1. The van der Waals surface area contributed by atoms with Gasteiger partial charge in [-0.15, -0.1) is 11.3 Å². The molecule has 0 amide bonds. The highest BCUT2D eigenvalue weighted by Crippen LogP contribution is 2.27. The zero-order valence-electron chi connectivity index (χ0n) is 11.7. The van der Waals surface area contributed by atoms with Crippen molar-refractivity contribution in [3.8, 4) is 10.6 Å². The first-order valence-corrected chi connectivity index (χ1v) is 8.81. The number of hydrogen-bond acceptors (Lipinski definition) is 4. The van der Waals surface area contributed by atoms with E-state index < -0.39 is 0 Å². The molecule has 4 rings (SSSR count). The van der Waals surface area contributed by atoms with Crippen molar-refractivity contribution in [3.63, 3.8) is 0 Å². The van der Waals surface area contributed by atoms with Gasteiger partial charge in [-0.3, -0.25) is 4.40 Å². The highest BCUT2D eigenvalue weighted by atomic mass is 32.2. The van der Waals surface area contributed by atoms with E-state index in [1.807, 2.05) is 42.7 Å². The largest absolute Gasteiger partial charge is 0.295 e. The Labute approximate surface area is 136 Å². The molecule has 3 aromatic heterocycles. The third-order valence-corrected chi connectivity index (χ3v) is 5.27. The average Bonchev–Trinajstić information content (AvgIpc) is 3.21. The van der Waals surface area contributed by atoms with E-state index in [0.29, 0.717) is 0 Å². The fourth-order valence-corrected chi connectivity index (χ4v) is 4.04. The molecular weight excluding hydrogens is 310 g/mol. The average molecular weight is 323 g/mol. The first-order valence-electron chi connectivity index (χ1n) is 6.95. The molecule has 0 aliphatic heterocycles. The lowest BCUT2D eigenvalue weighted by molar-refractivity contribution is 0.956. The number of thioether (sulfide) groups is 1. The highest BCUT2D eigenvalue weighted by Gasteiger charge is 2.07. The molecule has 1 aromatic carbocycles. The molecule has 0 bridgehead atoms. The molecule has 0 unspecified atom stereocenters. The van der Waals surface area contributed by atoms with Crippen molar-refractivity contribution in [3.05, 3.63) is 72.0 Å². The standard InChI is InChI=1S/C17H13N3S2/c1-2-6-13(7-3-1)16-19-14(11-21-16)12-22-17-18-10-15-8-4-5-9-20(15)17/h1-11H,12H2. The Morgan fingerprint density at radius 3 is 2.82 bits per heavy atom. The predicted molar refractivity (Wildman–Crippen MR) is 92.3 cm³/mol. The van der Waals surface area contributed by atoms with Crippen LogP contribution < -0.4 is 0 Å². The molecule has 4 aromatic rings. The first kappa shape index (κ1) is 13.5. The van der Waals surface area contributed by atoms with Crippen molar-refractivity contribution in [2.24, 2.45) is 0 Å². The SMILES string of the molecule is c1ccc(-c2nc(CSc3ncc4ccccn34)cs2)cc1. The summed E-state index contributed by atoms with van der Waals surface area (Å²) in [5.74, 6) is 0.831. The first-order chi connectivity index (χ1) is 10.9. The molecule has 108 valence electrons. The van der Waals surface area contributed by atoms with E-state index in [-0.39, 0.29) is 0 Å². The van der Waals surface area contributed by atoms with E-state index in [4.69, 9.17) is 4.98 Å². The summed E-state index contributed by atoms with van der Waals surface area (Å²) in [5, 5.41) is 4.21. The van der Waals surface area contributed by atoms with E-state index in [2.05, 4.69) is 33.0 Å². The zero-order chi connectivity index (χ0) is 14.8. The summed E-state index contributed by atoms with van der Waals surface area (Å²) in [7, 11) is 0. The van der Waals surface area contributed by atoms with Gasteiger partial charge in [0.1, 0.15) is 5.01 Å². The molecule has 3 heterocycles. The van der Waals surface area contributed by atoms with Gasteiger partial charge >= 0.3 is 0 Å². The Morgan fingerprint density at radius 1 is 1.05 bits per heavy atom. The number of hydrogen-bond donors (Lipinski definition) is 0. The third-order valence-electron chi connectivity index (χ3n) is 3.33. The van der Waals surface area contributed by atoms with Crippen molar-refractivity contribution in [1.29, 1.82) is 0 Å². The van der Waals surface area contributed by atoms with Crippen LogP contribution >= 0.6 is 23.1 Å². The van der Waals surface area contributed by atoms with E-state index >= 15 is 0 Å². The molecule has 0 atom stereocenters. The van der Waals surface area contributed by atoms with Crippen LogP contribution in [0.4, 0.5) is 0 Å². The molecule has 0 radical (unpaired) electrons. The number of imidazole rings is 1. The summed E-state index contributed by atoms with van der Waals surface area (Å²) in [4.78, 5) is 9.20. The van der Waals surface area contributed by atoms with Crippen LogP contribution in [0.3, 0.4) is 0 Å². The maximum atomic E-state index is 4.72. The molecule has 0 saturated heterocycles. The zero-order valence-corrected chi connectivity index (χ0v) is 13.3. The number of benzene rings is 1. The monoisotopic (exact) mass is 323 g/mol. The second kappa shape index (κ2) is 5.94. The number of rotatable bonds is 4. The van der Waals surface area contributed by atoms with Crippen molar-refractivity contribution in [1.82, 2.24) is 14.4 Å². The van der Waals surface area contributed by atoms with Gasteiger partial charge in [0.25, 0.3) is 0 Å². The van der Waals surface area contributed by atoms with Crippen LogP contribution in [0.15, 0.2) is 71.5 Å². The van der Waals surface area contributed by atoms with Gasteiger partial charge in [-0.05, 0) is 12.1 Å². The second-order valence-electron chi connectivity index (χ2n) is 4.83. The van der Waals surface area contributed by atoms with Gasteiger partial charge in [0.15, 0.2) is 5.16 Å². The number of aromatic nitrogens is 3. The van der Waals surface area contributed by atoms with Crippen LogP contribution in [0.25, 0.3) is 16.1 Å². The Balaban J connectivity index is 1.52. The molecule has 5 heteroatoms. The van der Waals surface area contributed by atoms with Crippen LogP contribution in [0.2, 0.25) is 0 Å². The Hall–Kier alpha value is -2.11. The molecule has 3 nitrogen and oxygen atoms in total. The Bertz CT molecular complexity index is 896. The number of nitrogens with zero attached hydrogens (tertiary/aromatic N) is 3. The molecule has 0 saturated carbocycles. The lowest BCUT2D eigenvalue weighted by atomic mass is 10.2. The van der Waals surface area contributed by atoms with Crippen LogP contribution in [-0.4, -0.2) is 14.4 Å². The molecule has 0 spiro atoms. The van der Waals surface area contributed by atoms with E-state index in [1.165, 1.54) is 5.56 Å². The van der Waals surface area contributed by atoms with Crippen molar-refractivity contribution >= 4 is 28.6 Å². The van der Waals surface area contributed by atoms with Gasteiger partial charge in [-0.25, -0.2) is 9.97 Å². The summed E-state index contributed by atoms with van der Waals surface area (Å²) >= 11 is 3.41. The number of thiazole rings is 1. The Kier molecular flexibility index (Phi) is 3.66. The van der Waals surface area contributed by atoms with Crippen LogP contribution in [0.5, 0.6) is 0 Å². The second-order valence-corrected chi connectivity index (χ2v) is 6.64. The summed E-state index contributed by atoms with van der Waals surface area (Å²) in [6.45, 7) is 0. The lowest BCUT2D eigenvalue weighted by Gasteiger charge is -1.99. The molecule has 0 aliphatic rings. The topological polar surface area (TPSA) is 30.2 Å². The smallest absolute Gasteiger partial charge is 0.172 e. The van der Waals surface area contributed by atoms with Crippen molar-refractivity contribution in [2.75, 3.05) is 0 Å².